The van der Waals surface area contributed by atoms with E-state index in [0.29, 0.717) is 6.07 Å². The van der Waals surface area contributed by atoms with Crippen LogP contribution in [0.5, 0.6) is 0 Å². The Bertz CT molecular complexity index is 1360. The van der Waals surface area contributed by atoms with E-state index in [9.17, 15) is 26.8 Å². The lowest BCUT2D eigenvalue weighted by molar-refractivity contribution is -0.141. The van der Waals surface area contributed by atoms with Crippen LogP contribution in [0.2, 0.25) is 0 Å². The van der Waals surface area contributed by atoms with Crippen LogP contribution < -0.4 is 4.80 Å². The molecule has 3 rings (SSSR count). The van der Waals surface area contributed by atoms with Crippen molar-refractivity contribution in [2.75, 3.05) is 7.11 Å². The second-order valence-corrected chi connectivity index (χ2v) is 10.3. The molecule has 164 valence electrons. The van der Waals surface area contributed by atoms with Crippen LogP contribution in [0, 0.1) is 11.6 Å². The SMILES string of the molecule is COC(=O)Cn1c(=NC(=O)c2cccc(S(=O)(=O)C(C)C)c2)sc2cc(F)cc(F)c21. The number of nitrogens with zero attached hydrogens (tertiary/aromatic N) is 2. The highest BCUT2D eigenvalue weighted by molar-refractivity contribution is 7.92. The van der Waals surface area contributed by atoms with E-state index in [4.69, 9.17) is 0 Å². The van der Waals surface area contributed by atoms with Crippen molar-refractivity contribution in [2.24, 2.45) is 4.99 Å². The van der Waals surface area contributed by atoms with Gasteiger partial charge in [0.05, 0.1) is 27.5 Å². The molecular weight excluding hydrogens is 450 g/mol. The molecule has 11 heteroatoms. The van der Waals surface area contributed by atoms with Crippen molar-refractivity contribution in [2.45, 2.75) is 30.5 Å². The number of benzene rings is 2. The molecule has 0 fully saturated rings. The first-order valence-corrected chi connectivity index (χ1v) is 11.4. The predicted octanol–water partition coefficient (Wildman–Crippen LogP) is 3.08. The minimum absolute atomic E-state index is 0.00421. The number of carbonyl (C=O) groups is 2. The average molecular weight is 469 g/mol. The smallest absolute Gasteiger partial charge is 0.325 e. The van der Waals surface area contributed by atoms with Crippen molar-refractivity contribution in [3.8, 4) is 0 Å². The molecule has 31 heavy (non-hydrogen) atoms. The number of ether oxygens (including phenoxy) is 1. The molecule has 0 spiro atoms. The van der Waals surface area contributed by atoms with E-state index in [0.717, 1.165) is 29.1 Å². The Kier molecular flexibility index (Phi) is 6.37. The largest absolute Gasteiger partial charge is 0.468 e. The van der Waals surface area contributed by atoms with Gasteiger partial charge in [-0.05, 0) is 38.1 Å². The zero-order chi connectivity index (χ0) is 22.9. The van der Waals surface area contributed by atoms with Crippen LogP contribution >= 0.6 is 11.3 Å². The Morgan fingerprint density at radius 3 is 2.55 bits per heavy atom. The highest BCUT2D eigenvalue weighted by Crippen LogP contribution is 2.23. The summed E-state index contributed by atoms with van der Waals surface area (Å²) in [6.45, 7) is 2.59. The first-order chi connectivity index (χ1) is 14.5. The van der Waals surface area contributed by atoms with E-state index in [-0.39, 0.29) is 25.5 Å². The van der Waals surface area contributed by atoms with Crippen LogP contribution in [0.4, 0.5) is 8.78 Å². The standard InChI is InChI=1S/C20H18F2N2O5S2/c1-11(2)31(27,28)14-6-4-5-12(7-14)19(26)23-20-24(10-17(25)29-3)18-15(22)8-13(21)9-16(18)30-20/h4-9,11H,10H2,1-3H3. The molecule has 0 bridgehead atoms. The average Bonchev–Trinajstić information content (AvgIpc) is 3.04. The summed E-state index contributed by atoms with van der Waals surface area (Å²) in [6.07, 6.45) is 0. The second kappa shape index (κ2) is 8.67. The van der Waals surface area contributed by atoms with Crippen LogP contribution in [0.15, 0.2) is 46.3 Å². The molecule has 0 N–H and O–H groups in total. The molecule has 0 aliphatic heterocycles. The van der Waals surface area contributed by atoms with Gasteiger partial charge in [-0.1, -0.05) is 17.4 Å². The fraction of sp³-hybridized carbons (Fsp3) is 0.250. The normalized spacial score (nSPS) is 12.5. The number of esters is 1. The van der Waals surface area contributed by atoms with E-state index < -0.39 is 45.1 Å². The van der Waals surface area contributed by atoms with Crippen molar-refractivity contribution in [1.82, 2.24) is 4.57 Å². The Morgan fingerprint density at radius 1 is 1.19 bits per heavy atom. The Morgan fingerprint density at radius 2 is 1.90 bits per heavy atom. The van der Waals surface area contributed by atoms with E-state index in [1.165, 1.54) is 38.1 Å². The van der Waals surface area contributed by atoms with Gasteiger partial charge in [-0.25, -0.2) is 17.2 Å². The lowest BCUT2D eigenvalue weighted by Crippen LogP contribution is -2.23. The summed E-state index contributed by atoms with van der Waals surface area (Å²) in [5.74, 6) is -3.26. The van der Waals surface area contributed by atoms with Crippen molar-refractivity contribution in [3.05, 3.63) is 58.4 Å². The fourth-order valence-corrected chi connectivity index (χ4v) is 4.96. The number of hydrogen-bond acceptors (Lipinski definition) is 6. The van der Waals surface area contributed by atoms with Gasteiger partial charge in [-0.3, -0.25) is 9.59 Å². The molecule has 1 heterocycles. The summed E-state index contributed by atoms with van der Waals surface area (Å²) in [5, 5.41) is -0.683. The monoisotopic (exact) mass is 468 g/mol. The number of thiazole rings is 1. The lowest BCUT2D eigenvalue weighted by Gasteiger charge is -2.08. The maximum absolute atomic E-state index is 14.4. The van der Waals surface area contributed by atoms with Crippen molar-refractivity contribution in [1.29, 1.82) is 0 Å². The molecule has 0 saturated heterocycles. The maximum atomic E-state index is 14.4. The van der Waals surface area contributed by atoms with Gasteiger partial charge < -0.3 is 9.30 Å². The van der Waals surface area contributed by atoms with Crippen molar-refractivity contribution >= 4 is 43.3 Å². The summed E-state index contributed by atoms with van der Waals surface area (Å²) in [5.41, 5.74) is -0.102. The maximum Gasteiger partial charge on any atom is 0.325 e. The van der Waals surface area contributed by atoms with Gasteiger partial charge in [0.2, 0.25) is 0 Å². The molecule has 0 unspecified atom stereocenters. The van der Waals surface area contributed by atoms with Gasteiger partial charge in [-0.2, -0.15) is 4.99 Å². The van der Waals surface area contributed by atoms with E-state index >= 15 is 0 Å². The van der Waals surface area contributed by atoms with Gasteiger partial charge in [0.25, 0.3) is 5.91 Å². The summed E-state index contributed by atoms with van der Waals surface area (Å²) in [7, 11) is -2.46. The van der Waals surface area contributed by atoms with Gasteiger partial charge in [-0.15, -0.1) is 0 Å². The van der Waals surface area contributed by atoms with Crippen LogP contribution in [0.1, 0.15) is 24.2 Å². The number of halogens is 2. The molecule has 7 nitrogen and oxygen atoms in total. The fourth-order valence-electron chi connectivity index (χ4n) is 2.78. The molecular formula is C20H18F2N2O5S2. The minimum Gasteiger partial charge on any atom is -0.468 e. The van der Waals surface area contributed by atoms with E-state index in [2.05, 4.69) is 9.73 Å². The highest BCUT2D eigenvalue weighted by Gasteiger charge is 2.21. The second-order valence-electron chi connectivity index (χ2n) is 6.82. The van der Waals surface area contributed by atoms with Crippen LogP contribution in [0.25, 0.3) is 10.2 Å². The number of sulfone groups is 1. The Balaban J connectivity index is 2.16. The quantitative estimate of drug-likeness (QED) is 0.537. The van der Waals surface area contributed by atoms with E-state index in [1.54, 1.807) is 0 Å². The molecule has 2 aromatic carbocycles. The summed E-state index contributed by atoms with van der Waals surface area (Å²) in [6, 6.07) is 7.12. The van der Waals surface area contributed by atoms with Crippen LogP contribution in [-0.2, 0) is 25.9 Å². The third kappa shape index (κ3) is 4.57. The Labute approximate surface area is 180 Å². The zero-order valence-corrected chi connectivity index (χ0v) is 18.4. The molecule has 0 aliphatic carbocycles. The molecule has 1 aromatic heterocycles. The summed E-state index contributed by atoms with van der Waals surface area (Å²) < 4.78 is 58.7. The number of rotatable bonds is 5. The third-order valence-electron chi connectivity index (χ3n) is 4.44. The summed E-state index contributed by atoms with van der Waals surface area (Å²) >= 11 is 0.812. The summed E-state index contributed by atoms with van der Waals surface area (Å²) in [4.78, 5) is 28.4. The van der Waals surface area contributed by atoms with Gasteiger partial charge >= 0.3 is 5.97 Å². The molecule has 0 saturated carbocycles. The first kappa shape index (κ1) is 22.8. The van der Waals surface area contributed by atoms with Gasteiger partial charge in [0.1, 0.15) is 12.4 Å². The topological polar surface area (TPSA) is 94.8 Å². The number of fused-ring (bicyclic) bond motifs is 1. The molecule has 0 aliphatic rings. The van der Waals surface area contributed by atoms with Gasteiger partial charge in [0, 0.05) is 11.6 Å². The number of aromatic nitrogens is 1. The lowest BCUT2D eigenvalue weighted by atomic mass is 10.2. The molecule has 0 atom stereocenters. The minimum atomic E-state index is -3.61. The van der Waals surface area contributed by atoms with E-state index in [1.807, 2.05) is 0 Å². The van der Waals surface area contributed by atoms with Crippen molar-refractivity contribution in [3.63, 3.8) is 0 Å². The number of methoxy groups -OCH3 is 1. The Hall–Kier alpha value is -2.92. The van der Waals surface area contributed by atoms with Crippen LogP contribution in [0.3, 0.4) is 0 Å². The molecule has 1 amide bonds. The number of amides is 1. The third-order valence-corrected chi connectivity index (χ3v) is 7.62. The molecule has 0 radical (unpaired) electrons. The van der Waals surface area contributed by atoms with Gasteiger partial charge in [0.15, 0.2) is 20.5 Å². The predicted molar refractivity (Wildman–Crippen MR) is 110 cm³/mol. The number of carbonyl (C=O) groups excluding carboxylic acids is 2. The highest BCUT2D eigenvalue weighted by atomic mass is 32.2. The first-order valence-electron chi connectivity index (χ1n) is 9.02. The van der Waals surface area contributed by atoms with Crippen molar-refractivity contribution < 1.29 is 31.5 Å². The molecule has 3 aromatic rings. The van der Waals surface area contributed by atoms with Crippen LogP contribution in [-0.4, -0.2) is 37.2 Å². The number of hydrogen-bond donors (Lipinski definition) is 0. The zero-order valence-electron chi connectivity index (χ0n) is 16.8.